The molecule has 0 bridgehead atoms. The number of aldehydes is 1. The van der Waals surface area contributed by atoms with Crippen molar-refractivity contribution in [3.8, 4) is 5.88 Å². The lowest BCUT2D eigenvalue weighted by Gasteiger charge is -2.15. The molecule has 1 aromatic carbocycles. The van der Waals surface area contributed by atoms with Crippen LogP contribution in [0.3, 0.4) is 0 Å². The van der Waals surface area contributed by atoms with Crippen molar-refractivity contribution in [3.63, 3.8) is 0 Å². The Balaban J connectivity index is 1.88. The molecule has 0 saturated carbocycles. The number of carbonyl (C=O) groups excluding carboxylic acids is 1. The van der Waals surface area contributed by atoms with E-state index in [4.69, 9.17) is 9.72 Å². The zero-order valence-electron chi connectivity index (χ0n) is 14.2. The number of aryl methyl sites for hydroxylation is 1. The lowest BCUT2D eigenvalue weighted by molar-refractivity contribution is -0.109. The molecule has 1 saturated heterocycles. The van der Waals surface area contributed by atoms with Gasteiger partial charge in [0, 0.05) is 36.5 Å². The third-order valence-corrected chi connectivity index (χ3v) is 4.76. The zero-order chi connectivity index (χ0) is 17.4. The standard InChI is InChI=1S/C20H21N3O2/c1-3-8-23-11-13(2)18-16-6-4-5-7-17(16)22-20(19(18)23)25-15-9-14(12-24)21-10-15/h3-7,11-12,14-15,21H,1,8-10H2,2H3/t14-,15+/m0/s1. The fraction of sp³-hybridized carbons (Fsp3) is 0.300. The van der Waals surface area contributed by atoms with Gasteiger partial charge in [0.05, 0.1) is 11.6 Å². The first-order valence-corrected chi connectivity index (χ1v) is 8.55. The molecule has 128 valence electrons. The highest BCUT2D eigenvalue weighted by Crippen LogP contribution is 2.35. The molecule has 2 aromatic heterocycles. The van der Waals surface area contributed by atoms with Crippen LogP contribution in [-0.2, 0) is 11.3 Å². The predicted molar refractivity (Wildman–Crippen MR) is 99.1 cm³/mol. The van der Waals surface area contributed by atoms with Crippen LogP contribution in [-0.4, -0.2) is 34.5 Å². The minimum Gasteiger partial charge on any atom is -0.471 e. The molecular formula is C20H21N3O2. The van der Waals surface area contributed by atoms with Crippen molar-refractivity contribution in [3.05, 3.63) is 48.7 Å². The molecule has 3 heterocycles. The first kappa shape index (κ1) is 15.8. The second-order valence-electron chi connectivity index (χ2n) is 6.54. The smallest absolute Gasteiger partial charge is 0.239 e. The molecule has 0 aliphatic carbocycles. The SMILES string of the molecule is C=CCn1cc(C)c2c3ccccc3nc(O[C@H]3CN[C@H](C=O)C3)c21. The fourth-order valence-electron chi connectivity index (χ4n) is 3.66. The van der Waals surface area contributed by atoms with E-state index in [1.54, 1.807) is 0 Å². The van der Waals surface area contributed by atoms with Crippen LogP contribution in [0.5, 0.6) is 5.88 Å². The van der Waals surface area contributed by atoms with Gasteiger partial charge in [-0.15, -0.1) is 6.58 Å². The highest BCUT2D eigenvalue weighted by molar-refractivity contribution is 6.08. The number of rotatable bonds is 5. The van der Waals surface area contributed by atoms with Crippen LogP contribution < -0.4 is 10.1 Å². The van der Waals surface area contributed by atoms with E-state index in [1.165, 1.54) is 10.9 Å². The van der Waals surface area contributed by atoms with Gasteiger partial charge in [0.15, 0.2) is 0 Å². The third kappa shape index (κ3) is 2.70. The monoisotopic (exact) mass is 335 g/mol. The molecule has 3 aromatic rings. The molecule has 5 heteroatoms. The Bertz CT molecular complexity index is 960. The summed E-state index contributed by atoms with van der Waals surface area (Å²) in [6.07, 6.45) is 5.54. The maximum atomic E-state index is 11.0. The number of nitrogens with zero attached hydrogens (tertiary/aromatic N) is 2. The molecule has 0 amide bonds. The van der Waals surface area contributed by atoms with Gasteiger partial charge in [0.1, 0.15) is 17.9 Å². The fourth-order valence-corrected chi connectivity index (χ4v) is 3.66. The number of hydrogen-bond acceptors (Lipinski definition) is 4. The van der Waals surface area contributed by atoms with E-state index in [2.05, 4.69) is 35.6 Å². The van der Waals surface area contributed by atoms with Crippen molar-refractivity contribution in [1.82, 2.24) is 14.9 Å². The van der Waals surface area contributed by atoms with Crippen LogP contribution in [0.2, 0.25) is 0 Å². The van der Waals surface area contributed by atoms with Gasteiger partial charge in [0.25, 0.3) is 0 Å². The van der Waals surface area contributed by atoms with E-state index >= 15 is 0 Å². The van der Waals surface area contributed by atoms with E-state index in [-0.39, 0.29) is 12.1 Å². The number of nitrogens with one attached hydrogen (secondary N) is 1. The lowest BCUT2D eigenvalue weighted by atomic mass is 10.1. The minimum absolute atomic E-state index is 0.0561. The number of benzene rings is 1. The Hall–Kier alpha value is -2.66. The van der Waals surface area contributed by atoms with Crippen molar-refractivity contribution in [1.29, 1.82) is 0 Å². The summed E-state index contributed by atoms with van der Waals surface area (Å²) in [7, 11) is 0. The van der Waals surface area contributed by atoms with Crippen molar-refractivity contribution in [2.24, 2.45) is 0 Å². The second kappa shape index (κ2) is 6.33. The van der Waals surface area contributed by atoms with E-state index in [0.717, 1.165) is 22.7 Å². The molecule has 1 aliphatic rings. The van der Waals surface area contributed by atoms with Gasteiger partial charge in [-0.1, -0.05) is 24.3 Å². The predicted octanol–water partition coefficient (Wildman–Crippen LogP) is 2.99. The van der Waals surface area contributed by atoms with Gasteiger partial charge >= 0.3 is 0 Å². The number of para-hydroxylation sites is 1. The molecule has 1 fully saturated rings. The summed E-state index contributed by atoms with van der Waals surface area (Å²) in [5.41, 5.74) is 3.10. The maximum Gasteiger partial charge on any atom is 0.239 e. The lowest BCUT2D eigenvalue weighted by Crippen LogP contribution is -2.23. The number of hydrogen-bond donors (Lipinski definition) is 1. The van der Waals surface area contributed by atoms with E-state index in [0.29, 0.717) is 25.4 Å². The van der Waals surface area contributed by atoms with Gasteiger partial charge in [-0.05, 0) is 18.6 Å². The van der Waals surface area contributed by atoms with Crippen LogP contribution in [0, 0.1) is 6.92 Å². The quantitative estimate of drug-likeness (QED) is 0.575. The number of carbonyl (C=O) groups is 1. The summed E-state index contributed by atoms with van der Waals surface area (Å²) < 4.78 is 8.37. The second-order valence-corrected chi connectivity index (χ2v) is 6.54. The van der Waals surface area contributed by atoms with Gasteiger partial charge in [0.2, 0.25) is 5.88 Å². The number of ether oxygens (including phenoxy) is 1. The molecular weight excluding hydrogens is 314 g/mol. The Morgan fingerprint density at radius 2 is 2.28 bits per heavy atom. The van der Waals surface area contributed by atoms with Gasteiger partial charge < -0.3 is 19.4 Å². The van der Waals surface area contributed by atoms with Crippen molar-refractivity contribution in [2.45, 2.75) is 32.0 Å². The molecule has 2 atom stereocenters. The first-order valence-electron chi connectivity index (χ1n) is 8.55. The van der Waals surface area contributed by atoms with Gasteiger partial charge in [-0.2, -0.15) is 0 Å². The molecule has 5 nitrogen and oxygen atoms in total. The Morgan fingerprint density at radius 3 is 3.04 bits per heavy atom. The number of aromatic nitrogens is 2. The highest BCUT2D eigenvalue weighted by atomic mass is 16.5. The van der Waals surface area contributed by atoms with E-state index < -0.39 is 0 Å². The molecule has 0 spiro atoms. The van der Waals surface area contributed by atoms with Crippen LogP contribution in [0.1, 0.15) is 12.0 Å². The molecule has 25 heavy (non-hydrogen) atoms. The van der Waals surface area contributed by atoms with Crippen molar-refractivity contribution in [2.75, 3.05) is 6.54 Å². The summed E-state index contributed by atoms with van der Waals surface area (Å²) in [6, 6.07) is 7.99. The third-order valence-electron chi connectivity index (χ3n) is 4.76. The number of fused-ring (bicyclic) bond motifs is 3. The zero-order valence-corrected chi connectivity index (χ0v) is 14.2. The average Bonchev–Trinajstić information content (AvgIpc) is 3.20. The van der Waals surface area contributed by atoms with Crippen LogP contribution in [0.25, 0.3) is 21.8 Å². The van der Waals surface area contributed by atoms with Gasteiger partial charge in [-0.25, -0.2) is 4.98 Å². The summed E-state index contributed by atoms with van der Waals surface area (Å²) >= 11 is 0. The number of allylic oxidation sites excluding steroid dienone is 1. The summed E-state index contributed by atoms with van der Waals surface area (Å²) in [5.74, 6) is 0.627. The topological polar surface area (TPSA) is 56.1 Å². The van der Waals surface area contributed by atoms with Gasteiger partial charge in [-0.3, -0.25) is 0 Å². The van der Waals surface area contributed by atoms with Crippen LogP contribution in [0.15, 0.2) is 43.1 Å². The summed E-state index contributed by atoms with van der Waals surface area (Å²) in [4.78, 5) is 15.8. The molecule has 1 N–H and O–H groups in total. The van der Waals surface area contributed by atoms with Crippen molar-refractivity contribution >= 4 is 28.1 Å². The molecule has 0 unspecified atom stereocenters. The van der Waals surface area contributed by atoms with Crippen LogP contribution in [0.4, 0.5) is 0 Å². The largest absolute Gasteiger partial charge is 0.471 e. The van der Waals surface area contributed by atoms with E-state index in [9.17, 15) is 4.79 Å². The number of pyridine rings is 1. The minimum atomic E-state index is -0.136. The molecule has 1 aliphatic heterocycles. The highest BCUT2D eigenvalue weighted by Gasteiger charge is 2.27. The average molecular weight is 335 g/mol. The normalized spacial score (nSPS) is 20.2. The summed E-state index contributed by atoms with van der Waals surface area (Å²) in [6.45, 7) is 7.31. The Labute approximate surface area is 146 Å². The molecule has 0 radical (unpaired) electrons. The van der Waals surface area contributed by atoms with Crippen molar-refractivity contribution < 1.29 is 9.53 Å². The maximum absolute atomic E-state index is 11.0. The Morgan fingerprint density at radius 1 is 1.44 bits per heavy atom. The van der Waals surface area contributed by atoms with E-state index in [1.807, 2.05) is 24.3 Å². The summed E-state index contributed by atoms with van der Waals surface area (Å²) in [5, 5.41) is 5.46. The van der Waals surface area contributed by atoms with Crippen LogP contribution >= 0.6 is 0 Å². The Kier molecular flexibility index (Phi) is 4.01. The first-order chi connectivity index (χ1) is 12.2. The molecule has 4 rings (SSSR count).